The molecule has 1 amide bonds. The summed E-state index contributed by atoms with van der Waals surface area (Å²) in [5.41, 5.74) is 2.32. The molecule has 0 bridgehead atoms. The molecule has 0 saturated carbocycles. The van der Waals surface area contributed by atoms with Crippen LogP contribution in [-0.4, -0.2) is 40.8 Å². The van der Waals surface area contributed by atoms with Crippen LogP contribution in [0.3, 0.4) is 0 Å². The number of ether oxygens (including phenoxy) is 1. The number of carbonyl (C=O) groups is 1. The first kappa shape index (κ1) is 21.9. The summed E-state index contributed by atoms with van der Waals surface area (Å²) < 4.78 is 5.16. The summed E-state index contributed by atoms with van der Waals surface area (Å²) in [5.74, 6) is 0.263. The molecule has 3 aromatic carbocycles. The normalized spacial score (nSPS) is 12.6. The lowest BCUT2D eigenvalue weighted by Crippen LogP contribution is -2.42. The average Bonchev–Trinajstić information content (AvgIpc) is 2.82. The number of amides is 1. The van der Waals surface area contributed by atoms with Gasteiger partial charge < -0.3 is 20.3 Å². The third-order valence-corrected chi connectivity index (χ3v) is 4.89. The van der Waals surface area contributed by atoms with E-state index >= 15 is 0 Å². The van der Waals surface area contributed by atoms with Crippen molar-refractivity contribution in [1.29, 1.82) is 0 Å². The van der Waals surface area contributed by atoms with Gasteiger partial charge in [-0.15, -0.1) is 0 Å². The Morgan fingerprint density at radius 3 is 2.32 bits per heavy atom. The molecule has 0 fully saturated rings. The van der Waals surface area contributed by atoms with Crippen LogP contribution in [0.25, 0.3) is 11.1 Å². The fourth-order valence-corrected chi connectivity index (χ4v) is 3.13. The van der Waals surface area contributed by atoms with Crippen molar-refractivity contribution in [1.82, 2.24) is 5.32 Å². The van der Waals surface area contributed by atoms with Gasteiger partial charge in [-0.25, -0.2) is 0 Å². The van der Waals surface area contributed by atoms with Crippen molar-refractivity contribution in [2.45, 2.75) is 12.1 Å². The van der Waals surface area contributed by atoms with Crippen LogP contribution in [0.4, 0.5) is 5.69 Å². The highest BCUT2D eigenvalue weighted by atomic mass is 16.6. The quantitative estimate of drug-likeness (QED) is 0.379. The summed E-state index contributed by atoms with van der Waals surface area (Å²) in [4.78, 5) is 23.0. The molecule has 3 rings (SSSR count). The Labute approximate surface area is 178 Å². The van der Waals surface area contributed by atoms with Gasteiger partial charge in [0.25, 0.3) is 11.6 Å². The van der Waals surface area contributed by atoms with Crippen molar-refractivity contribution in [3.05, 3.63) is 94.0 Å². The van der Waals surface area contributed by atoms with Gasteiger partial charge in [0.15, 0.2) is 0 Å². The highest BCUT2D eigenvalue weighted by Gasteiger charge is 2.23. The third-order valence-electron chi connectivity index (χ3n) is 4.89. The molecule has 0 spiro atoms. The molecule has 3 aromatic rings. The molecule has 2 unspecified atom stereocenters. The molecular formula is C23H22N2O6. The van der Waals surface area contributed by atoms with Gasteiger partial charge in [-0.1, -0.05) is 24.3 Å². The van der Waals surface area contributed by atoms with Crippen molar-refractivity contribution in [2.75, 3.05) is 13.7 Å². The van der Waals surface area contributed by atoms with Gasteiger partial charge >= 0.3 is 0 Å². The number of non-ortho nitro benzene ring substituents is 1. The van der Waals surface area contributed by atoms with Gasteiger partial charge in [0.2, 0.25) is 0 Å². The Morgan fingerprint density at radius 2 is 1.74 bits per heavy atom. The first-order chi connectivity index (χ1) is 14.9. The maximum Gasteiger partial charge on any atom is 0.269 e. The highest BCUT2D eigenvalue weighted by Crippen LogP contribution is 2.24. The van der Waals surface area contributed by atoms with E-state index in [2.05, 4.69) is 5.32 Å². The van der Waals surface area contributed by atoms with Gasteiger partial charge in [0.1, 0.15) is 11.9 Å². The van der Waals surface area contributed by atoms with Crippen LogP contribution in [0, 0.1) is 10.1 Å². The van der Waals surface area contributed by atoms with E-state index in [1.54, 1.807) is 25.3 Å². The van der Waals surface area contributed by atoms with Crippen LogP contribution in [0.1, 0.15) is 22.0 Å². The monoisotopic (exact) mass is 422 g/mol. The Hall–Kier alpha value is -3.75. The van der Waals surface area contributed by atoms with E-state index < -0.39 is 29.6 Å². The van der Waals surface area contributed by atoms with E-state index in [0.717, 1.165) is 16.9 Å². The summed E-state index contributed by atoms with van der Waals surface area (Å²) in [6.07, 6.45) is -1.24. The molecular weight excluding hydrogens is 400 g/mol. The SMILES string of the molecule is COc1ccc(-c2cccc(C(=O)NC(CO)C(O)c3ccc([N+](=O)[O-])cc3)c2)cc1. The molecule has 0 aliphatic rings. The predicted octanol–water partition coefficient (Wildman–Crippen LogP) is 3.09. The molecule has 160 valence electrons. The van der Waals surface area contributed by atoms with Crippen LogP contribution < -0.4 is 10.1 Å². The molecule has 0 saturated heterocycles. The number of aliphatic hydroxyl groups is 2. The van der Waals surface area contributed by atoms with Crippen molar-refractivity contribution < 1.29 is 24.7 Å². The number of nitrogens with zero attached hydrogens (tertiary/aromatic N) is 1. The van der Waals surface area contributed by atoms with Crippen molar-refractivity contribution >= 4 is 11.6 Å². The van der Waals surface area contributed by atoms with Gasteiger partial charge in [0.05, 0.1) is 24.7 Å². The number of nitro benzene ring substituents is 1. The lowest BCUT2D eigenvalue weighted by Gasteiger charge is -2.22. The minimum atomic E-state index is -1.24. The number of methoxy groups -OCH3 is 1. The summed E-state index contributed by atoms with van der Waals surface area (Å²) in [5, 5.41) is 33.6. The molecule has 0 heterocycles. The molecule has 0 aliphatic carbocycles. The van der Waals surface area contributed by atoms with Crippen LogP contribution in [0.5, 0.6) is 5.75 Å². The minimum Gasteiger partial charge on any atom is -0.497 e. The lowest BCUT2D eigenvalue weighted by atomic mass is 10.0. The molecule has 0 radical (unpaired) electrons. The van der Waals surface area contributed by atoms with Gasteiger partial charge in [0, 0.05) is 17.7 Å². The largest absolute Gasteiger partial charge is 0.497 e. The molecule has 8 heteroatoms. The Bertz CT molecular complexity index is 1050. The van der Waals surface area contributed by atoms with E-state index in [0.29, 0.717) is 11.1 Å². The maximum atomic E-state index is 12.7. The van der Waals surface area contributed by atoms with E-state index in [4.69, 9.17) is 4.74 Å². The second kappa shape index (κ2) is 9.84. The van der Waals surface area contributed by atoms with E-state index in [-0.39, 0.29) is 5.69 Å². The fourth-order valence-electron chi connectivity index (χ4n) is 3.13. The van der Waals surface area contributed by atoms with E-state index in [9.17, 15) is 25.1 Å². The van der Waals surface area contributed by atoms with Crippen molar-refractivity contribution in [2.24, 2.45) is 0 Å². The number of benzene rings is 3. The number of rotatable bonds is 8. The zero-order valence-corrected chi connectivity index (χ0v) is 16.8. The second-order valence-corrected chi connectivity index (χ2v) is 6.87. The Kier molecular flexibility index (Phi) is 6.96. The third kappa shape index (κ3) is 5.25. The summed E-state index contributed by atoms with van der Waals surface area (Å²) in [6, 6.07) is 18.7. The van der Waals surface area contributed by atoms with Crippen LogP contribution in [0.15, 0.2) is 72.8 Å². The summed E-state index contributed by atoms with van der Waals surface area (Å²) in [7, 11) is 1.59. The smallest absolute Gasteiger partial charge is 0.269 e. The lowest BCUT2D eigenvalue weighted by molar-refractivity contribution is -0.384. The van der Waals surface area contributed by atoms with Crippen LogP contribution in [0.2, 0.25) is 0 Å². The van der Waals surface area contributed by atoms with E-state index in [1.807, 2.05) is 30.3 Å². The molecule has 0 aliphatic heterocycles. The van der Waals surface area contributed by atoms with E-state index in [1.165, 1.54) is 24.3 Å². The number of nitro groups is 1. The molecule has 0 aromatic heterocycles. The van der Waals surface area contributed by atoms with Gasteiger partial charge in [-0.3, -0.25) is 14.9 Å². The van der Waals surface area contributed by atoms with Crippen LogP contribution in [-0.2, 0) is 0 Å². The first-order valence-corrected chi connectivity index (χ1v) is 9.51. The van der Waals surface area contributed by atoms with Gasteiger partial charge in [-0.05, 0) is 53.1 Å². The average molecular weight is 422 g/mol. The number of hydrogen-bond acceptors (Lipinski definition) is 6. The minimum absolute atomic E-state index is 0.115. The number of hydrogen-bond donors (Lipinski definition) is 3. The van der Waals surface area contributed by atoms with Gasteiger partial charge in [-0.2, -0.15) is 0 Å². The number of carbonyl (C=O) groups excluding carboxylic acids is 1. The fraction of sp³-hybridized carbons (Fsp3) is 0.174. The zero-order chi connectivity index (χ0) is 22.4. The zero-order valence-electron chi connectivity index (χ0n) is 16.8. The standard InChI is InChI=1S/C23H22N2O6/c1-31-20-11-7-15(8-12-20)17-3-2-4-18(13-17)23(28)24-21(14-26)22(27)16-5-9-19(10-6-16)25(29)30/h2-13,21-22,26-27H,14H2,1H3,(H,24,28). The Balaban J connectivity index is 1.74. The molecule has 3 N–H and O–H groups in total. The number of aliphatic hydroxyl groups excluding tert-OH is 2. The van der Waals surface area contributed by atoms with Crippen molar-refractivity contribution in [3.8, 4) is 16.9 Å². The summed E-state index contributed by atoms with van der Waals surface area (Å²) in [6.45, 7) is -0.512. The topological polar surface area (TPSA) is 122 Å². The molecule has 8 nitrogen and oxygen atoms in total. The Morgan fingerprint density at radius 1 is 1.06 bits per heavy atom. The van der Waals surface area contributed by atoms with Crippen molar-refractivity contribution in [3.63, 3.8) is 0 Å². The predicted molar refractivity (Wildman–Crippen MR) is 115 cm³/mol. The maximum absolute atomic E-state index is 12.7. The molecule has 31 heavy (non-hydrogen) atoms. The second-order valence-electron chi connectivity index (χ2n) is 6.87. The molecule has 2 atom stereocenters. The van der Waals surface area contributed by atoms with Crippen LogP contribution >= 0.6 is 0 Å². The summed E-state index contributed by atoms with van der Waals surface area (Å²) >= 11 is 0. The highest BCUT2D eigenvalue weighted by molar-refractivity contribution is 5.95. The number of nitrogens with one attached hydrogen (secondary N) is 1. The first-order valence-electron chi connectivity index (χ1n) is 9.51.